The van der Waals surface area contributed by atoms with Crippen LogP contribution < -0.4 is 4.74 Å². The molecule has 4 rings (SSSR count). The Balaban J connectivity index is 1.56. The fourth-order valence-corrected chi connectivity index (χ4v) is 3.32. The van der Waals surface area contributed by atoms with Crippen molar-refractivity contribution >= 4 is 11.0 Å². The first-order valence-corrected chi connectivity index (χ1v) is 8.57. The number of ether oxygens (including phenoxy) is 2. The minimum atomic E-state index is 0.108. The van der Waals surface area contributed by atoms with Gasteiger partial charge in [-0.25, -0.2) is 4.98 Å². The second-order valence-corrected chi connectivity index (χ2v) is 6.28. The first kappa shape index (κ1) is 15.2. The van der Waals surface area contributed by atoms with E-state index in [-0.39, 0.29) is 6.10 Å². The van der Waals surface area contributed by atoms with E-state index < -0.39 is 0 Å². The number of benzene rings is 2. The van der Waals surface area contributed by atoms with Crippen LogP contribution in [0.1, 0.15) is 30.3 Å². The van der Waals surface area contributed by atoms with Crippen LogP contribution in [0.4, 0.5) is 0 Å². The molecular weight excluding hydrogens is 300 g/mol. The summed E-state index contributed by atoms with van der Waals surface area (Å²) in [6.07, 6.45) is 2.26. The largest absolute Gasteiger partial charge is 0.492 e. The number of para-hydroxylation sites is 2. The number of aryl methyl sites for hydroxylation is 1. The molecule has 2 aromatic carbocycles. The third kappa shape index (κ3) is 3.02. The minimum absolute atomic E-state index is 0.108. The smallest absolute Gasteiger partial charge is 0.139 e. The standard InChI is InChI=1S/C20H22N2O2/c1-15-6-4-7-16(14-15)23-13-11-22-18-9-3-2-8-17(18)21-20(22)19-10-5-12-24-19/h2-4,6-9,14,19H,5,10-13H2,1H3. The van der Waals surface area contributed by atoms with Crippen molar-refractivity contribution in [1.82, 2.24) is 9.55 Å². The molecule has 0 radical (unpaired) electrons. The normalized spacial score (nSPS) is 17.5. The van der Waals surface area contributed by atoms with E-state index in [0.29, 0.717) is 6.61 Å². The second-order valence-electron chi connectivity index (χ2n) is 6.28. The van der Waals surface area contributed by atoms with Gasteiger partial charge in [0, 0.05) is 6.61 Å². The van der Waals surface area contributed by atoms with Crippen molar-refractivity contribution in [3.63, 3.8) is 0 Å². The molecule has 1 aliphatic rings. The van der Waals surface area contributed by atoms with E-state index in [2.05, 4.69) is 41.8 Å². The van der Waals surface area contributed by atoms with Gasteiger partial charge >= 0.3 is 0 Å². The van der Waals surface area contributed by atoms with Gasteiger partial charge in [0.05, 0.1) is 17.6 Å². The molecule has 1 aromatic heterocycles. The maximum atomic E-state index is 5.94. The van der Waals surface area contributed by atoms with Crippen molar-refractivity contribution in [2.45, 2.75) is 32.4 Å². The lowest BCUT2D eigenvalue weighted by Crippen LogP contribution is -2.13. The molecule has 0 bridgehead atoms. The third-order valence-corrected chi connectivity index (χ3v) is 4.47. The SMILES string of the molecule is Cc1cccc(OCCn2c(C3CCCO3)nc3ccccc32)c1. The van der Waals surface area contributed by atoms with E-state index >= 15 is 0 Å². The molecule has 24 heavy (non-hydrogen) atoms. The Morgan fingerprint density at radius 1 is 1.21 bits per heavy atom. The molecule has 2 heterocycles. The quantitative estimate of drug-likeness (QED) is 0.703. The van der Waals surface area contributed by atoms with E-state index in [4.69, 9.17) is 14.5 Å². The highest BCUT2D eigenvalue weighted by Gasteiger charge is 2.24. The average molecular weight is 322 g/mol. The molecule has 124 valence electrons. The van der Waals surface area contributed by atoms with Crippen LogP contribution >= 0.6 is 0 Å². The summed E-state index contributed by atoms with van der Waals surface area (Å²) in [7, 11) is 0. The Bertz CT molecular complexity index is 835. The Labute approximate surface area is 142 Å². The Morgan fingerprint density at radius 2 is 2.12 bits per heavy atom. The maximum Gasteiger partial charge on any atom is 0.139 e. The zero-order valence-corrected chi connectivity index (χ0v) is 13.9. The van der Waals surface area contributed by atoms with E-state index in [0.717, 1.165) is 48.6 Å². The zero-order valence-electron chi connectivity index (χ0n) is 13.9. The van der Waals surface area contributed by atoms with Crippen molar-refractivity contribution in [3.8, 4) is 5.75 Å². The monoisotopic (exact) mass is 322 g/mol. The predicted octanol–water partition coefficient (Wildman–Crippen LogP) is 4.28. The Kier molecular flexibility index (Phi) is 4.22. The van der Waals surface area contributed by atoms with Crippen LogP contribution in [0, 0.1) is 6.92 Å². The molecule has 1 aliphatic heterocycles. The van der Waals surface area contributed by atoms with Crippen molar-refractivity contribution in [3.05, 3.63) is 59.9 Å². The van der Waals surface area contributed by atoms with Gasteiger partial charge in [-0.1, -0.05) is 24.3 Å². The van der Waals surface area contributed by atoms with Crippen molar-refractivity contribution in [2.75, 3.05) is 13.2 Å². The fraction of sp³-hybridized carbons (Fsp3) is 0.350. The summed E-state index contributed by atoms with van der Waals surface area (Å²) in [5.41, 5.74) is 3.38. The van der Waals surface area contributed by atoms with Crippen LogP contribution in [-0.4, -0.2) is 22.8 Å². The van der Waals surface area contributed by atoms with Gasteiger partial charge in [0.1, 0.15) is 24.3 Å². The van der Waals surface area contributed by atoms with Gasteiger partial charge in [0.15, 0.2) is 0 Å². The molecular formula is C20H22N2O2. The molecule has 3 aromatic rings. The number of imidazole rings is 1. The molecule has 4 heteroatoms. The molecule has 0 spiro atoms. The van der Waals surface area contributed by atoms with E-state index in [1.807, 2.05) is 18.2 Å². The fourth-order valence-electron chi connectivity index (χ4n) is 3.32. The van der Waals surface area contributed by atoms with Crippen molar-refractivity contribution in [2.24, 2.45) is 0 Å². The number of hydrogen-bond acceptors (Lipinski definition) is 3. The summed E-state index contributed by atoms with van der Waals surface area (Å²) in [6.45, 7) is 4.28. The van der Waals surface area contributed by atoms with Gasteiger partial charge in [0.2, 0.25) is 0 Å². The molecule has 1 unspecified atom stereocenters. The Morgan fingerprint density at radius 3 is 2.96 bits per heavy atom. The maximum absolute atomic E-state index is 5.94. The molecule has 0 aliphatic carbocycles. The summed E-state index contributed by atoms with van der Waals surface area (Å²) >= 11 is 0. The highest BCUT2D eigenvalue weighted by molar-refractivity contribution is 5.76. The number of nitrogens with zero attached hydrogens (tertiary/aromatic N) is 2. The summed E-state index contributed by atoms with van der Waals surface area (Å²) in [4.78, 5) is 4.82. The van der Waals surface area contributed by atoms with E-state index in [1.165, 1.54) is 5.56 Å². The van der Waals surface area contributed by atoms with E-state index in [9.17, 15) is 0 Å². The van der Waals surface area contributed by atoms with Crippen molar-refractivity contribution < 1.29 is 9.47 Å². The van der Waals surface area contributed by atoms with Gasteiger partial charge in [-0.3, -0.25) is 0 Å². The summed E-state index contributed by atoms with van der Waals surface area (Å²) in [5.74, 6) is 1.94. The molecule has 0 saturated carbocycles. The van der Waals surface area contributed by atoms with Crippen LogP contribution in [0.3, 0.4) is 0 Å². The molecule has 0 N–H and O–H groups in total. The lowest BCUT2D eigenvalue weighted by Gasteiger charge is -2.14. The number of rotatable bonds is 5. The minimum Gasteiger partial charge on any atom is -0.492 e. The van der Waals surface area contributed by atoms with Gasteiger partial charge in [-0.05, 0) is 49.6 Å². The topological polar surface area (TPSA) is 36.3 Å². The molecule has 1 fully saturated rings. The first-order chi connectivity index (χ1) is 11.8. The Hall–Kier alpha value is -2.33. The highest BCUT2D eigenvalue weighted by Crippen LogP contribution is 2.30. The second kappa shape index (κ2) is 6.65. The van der Waals surface area contributed by atoms with Gasteiger partial charge in [0.25, 0.3) is 0 Å². The van der Waals surface area contributed by atoms with E-state index in [1.54, 1.807) is 0 Å². The first-order valence-electron chi connectivity index (χ1n) is 8.57. The number of hydrogen-bond donors (Lipinski definition) is 0. The van der Waals surface area contributed by atoms with Crippen LogP contribution in [-0.2, 0) is 11.3 Å². The number of fused-ring (bicyclic) bond motifs is 1. The summed E-state index contributed by atoms with van der Waals surface area (Å²) in [6, 6.07) is 16.4. The van der Waals surface area contributed by atoms with Crippen LogP contribution in [0.2, 0.25) is 0 Å². The molecule has 1 saturated heterocycles. The highest BCUT2D eigenvalue weighted by atomic mass is 16.5. The summed E-state index contributed by atoms with van der Waals surface area (Å²) < 4.78 is 14.1. The lowest BCUT2D eigenvalue weighted by atomic mass is 10.2. The van der Waals surface area contributed by atoms with Crippen LogP contribution in [0.25, 0.3) is 11.0 Å². The molecule has 0 amide bonds. The van der Waals surface area contributed by atoms with Crippen molar-refractivity contribution in [1.29, 1.82) is 0 Å². The van der Waals surface area contributed by atoms with Gasteiger partial charge in [-0.2, -0.15) is 0 Å². The lowest BCUT2D eigenvalue weighted by molar-refractivity contribution is 0.101. The average Bonchev–Trinajstić information content (AvgIpc) is 3.23. The number of aromatic nitrogens is 2. The van der Waals surface area contributed by atoms with Crippen LogP contribution in [0.5, 0.6) is 5.75 Å². The zero-order chi connectivity index (χ0) is 16.4. The molecule has 1 atom stereocenters. The van der Waals surface area contributed by atoms with Gasteiger partial charge in [-0.15, -0.1) is 0 Å². The molecule has 4 nitrogen and oxygen atoms in total. The van der Waals surface area contributed by atoms with Crippen LogP contribution in [0.15, 0.2) is 48.5 Å². The third-order valence-electron chi connectivity index (χ3n) is 4.47. The predicted molar refractivity (Wildman–Crippen MR) is 94.3 cm³/mol. The van der Waals surface area contributed by atoms with Gasteiger partial charge < -0.3 is 14.0 Å². The summed E-state index contributed by atoms with van der Waals surface area (Å²) in [5, 5.41) is 0.